The first-order valence-corrected chi connectivity index (χ1v) is 9.31. The Balaban J connectivity index is 1.75. The number of carbonyl (C=O) groups is 1. The summed E-state index contributed by atoms with van der Waals surface area (Å²) in [6, 6.07) is 23.1. The molecule has 144 valence electrons. The molecule has 0 aliphatic carbocycles. The fraction of sp³-hybridized carbons (Fsp3) is 0.0833. The Morgan fingerprint density at radius 2 is 1.62 bits per heavy atom. The van der Waals surface area contributed by atoms with Gasteiger partial charge in [0.25, 0.3) is 5.91 Å². The molecule has 0 unspecified atom stereocenters. The molecule has 0 aliphatic rings. The van der Waals surface area contributed by atoms with Crippen molar-refractivity contribution in [3.8, 4) is 16.9 Å². The fourth-order valence-electron chi connectivity index (χ4n) is 3.09. The number of benzene rings is 3. The van der Waals surface area contributed by atoms with Crippen molar-refractivity contribution in [2.24, 2.45) is 0 Å². The topological polar surface area (TPSA) is 46.9 Å². The predicted molar refractivity (Wildman–Crippen MR) is 113 cm³/mol. The van der Waals surface area contributed by atoms with E-state index in [0.717, 1.165) is 16.7 Å². The van der Waals surface area contributed by atoms with Gasteiger partial charge in [-0.3, -0.25) is 4.79 Å². The average Bonchev–Trinajstić information content (AvgIpc) is 3.18. The number of anilines is 1. The Morgan fingerprint density at radius 1 is 0.897 bits per heavy atom. The van der Waals surface area contributed by atoms with Crippen molar-refractivity contribution in [3.63, 3.8) is 0 Å². The minimum absolute atomic E-state index is 0.285. The highest BCUT2D eigenvalue weighted by Crippen LogP contribution is 2.23. The van der Waals surface area contributed by atoms with Gasteiger partial charge in [-0.25, -0.2) is 9.07 Å². The summed E-state index contributed by atoms with van der Waals surface area (Å²) in [6.07, 6.45) is 0. The number of carbonyl (C=O) groups excluding carboxylic acids is 1. The minimum atomic E-state index is -0.342. The van der Waals surface area contributed by atoms with Gasteiger partial charge in [-0.05, 0) is 67.4 Å². The zero-order valence-corrected chi connectivity index (χ0v) is 16.2. The van der Waals surface area contributed by atoms with Gasteiger partial charge < -0.3 is 5.32 Å². The van der Waals surface area contributed by atoms with Crippen LogP contribution in [0.25, 0.3) is 16.9 Å². The zero-order valence-electron chi connectivity index (χ0n) is 16.2. The molecule has 4 aromatic rings. The van der Waals surface area contributed by atoms with E-state index in [2.05, 4.69) is 10.4 Å². The second kappa shape index (κ2) is 7.72. The van der Waals surface area contributed by atoms with Gasteiger partial charge in [0, 0.05) is 11.3 Å². The Labute approximate surface area is 168 Å². The van der Waals surface area contributed by atoms with Crippen LogP contribution in [-0.4, -0.2) is 15.7 Å². The van der Waals surface area contributed by atoms with Crippen molar-refractivity contribution in [1.82, 2.24) is 9.78 Å². The van der Waals surface area contributed by atoms with Gasteiger partial charge >= 0.3 is 0 Å². The summed E-state index contributed by atoms with van der Waals surface area (Å²) in [4.78, 5) is 13.1. The molecule has 0 spiro atoms. The summed E-state index contributed by atoms with van der Waals surface area (Å²) in [5, 5.41) is 7.55. The standard InChI is InChI=1S/C24H20FN3O/c1-16-8-11-20(14-17(16)2)26-24(29)23-15-22(18-6-4-3-5-7-18)27-28(23)21-12-9-19(25)10-13-21/h3-15H,1-2H3,(H,26,29). The second-order valence-corrected chi connectivity index (χ2v) is 6.92. The third-order valence-corrected chi connectivity index (χ3v) is 4.85. The predicted octanol–water partition coefficient (Wildman–Crippen LogP) is 5.55. The maximum Gasteiger partial charge on any atom is 0.274 e. The normalized spacial score (nSPS) is 10.7. The largest absolute Gasteiger partial charge is 0.321 e. The number of hydrogen-bond donors (Lipinski definition) is 1. The molecule has 0 saturated heterocycles. The summed E-state index contributed by atoms with van der Waals surface area (Å²) >= 11 is 0. The van der Waals surface area contributed by atoms with Gasteiger partial charge in [-0.2, -0.15) is 5.10 Å². The number of aromatic nitrogens is 2. The first kappa shape index (κ1) is 18.6. The van der Waals surface area contributed by atoms with Crippen molar-refractivity contribution < 1.29 is 9.18 Å². The molecule has 29 heavy (non-hydrogen) atoms. The van der Waals surface area contributed by atoms with Crippen LogP contribution in [0, 0.1) is 19.7 Å². The highest BCUT2D eigenvalue weighted by Gasteiger charge is 2.18. The minimum Gasteiger partial charge on any atom is -0.321 e. The van der Waals surface area contributed by atoms with Crippen LogP contribution in [0.3, 0.4) is 0 Å². The van der Waals surface area contributed by atoms with Gasteiger partial charge in [0.05, 0.1) is 11.4 Å². The Morgan fingerprint density at radius 3 is 2.31 bits per heavy atom. The van der Waals surface area contributed by atoms with Crippen LogP contribution in [0.4, 0.5) is 10.1 Å². The summed E-state index contributed by atoms with van der Waals surface area (Å²) < 4.78 is 14.9. The van der Waals surface area contributed by atoms with Gasteiger partial charge in [0.2, 0.25) is 0 Å². The number of aryl methyl sites for hydroxylation is 2. The van der Waals surface area contributed by atoms with Gasteiger partial charge in [-0.15, -0.1) is 0 Å². The third kappa shape index (κ3) is 3.94. The van der Waals surface area contributed by atoms with Crippen molar-refractivity contribution in [2.75, 3.05) is 5.32 Å². The lowest BCUT2D eigenvalue weighted by Gasteiger charge is -2.10. The van der Waals surface area contributed by atoms with Crippen LogP contribution in [0.1, 0.15) is 21.6 Å². The van der Waals surface area contributed by atoms with E-state index in [-0.39, 0.29) is 11.7 Å². The summed E-state index contributed by atoms with van der Waals surface area (Å²) in [7, 11) is 0. The lowest BCUT2D eigenvalue weighted by Crippen LogP contribution is -2.17. The molecule has 4 nitrogen and oxygen atoms in total. The van der Waals surface area contributed by atoms with E-state index >= 15 is 0 Å². The maximum absolute atomic E-state index is 13.4. The monoisotopic (exact) mass is 385 g/mol. The molecule has 0 atom stereocenters. The Bertz CT molecular complexity index is 1160. The lowest BCUT2D eigenvalue weighted by molar-refractivity contribution is 0.101. The third-order valence-electron chi connectivity index (χ3n) is 4.85. The van der Waals surface area contributed by atoms with Gasteiger partial charge in [0.1, 0.15) is 11.5 Å². The van der Waals surface area contributed by atoms with Crippen molar-refractivity contribution in [3.05, 3.63) is 102 Å². The van der Waals surface area contributed by atoms with E-state index in [9.17, 15) is 9.18 Å². The number of nitrogens with zero attached hydrogens (tertiary/aromatic N) is 2. The smallest absolute Gasteiger partial charge is 0.274 e. The van der Waals surface area contributed by atoms with Crippen LogP contribution in [0.2, 0.25) is 0 Å². The van der Waals surface area contributed by atoms with E-state index in [0.29, 0.717) is 22.8 Å². The maximum atomic E-state index is 13.4. The molecule has 0 bridgehead atoms. The molecule has 0 radical (unpaired) electrons. The van der Waals surface area contributed by atoms with Crippen LogP contribution in [-0.2, 0) is 0 Å². The van der Waals surface area contributed by atoms with Crippen LogP contribution in [0.5, 0.6) is 0 Å². The molecule has 4 rings (SSSR count). The van der Waals surface area contributed by atoms with E-state index < -0.39 is 0 Å². The highest BCUT2D eigenvalue weighted by atomic mass is 19.1. The molecule has 0 fully saturated rings. The summed E-state index contributed by atoms with van der Waals surface area (Å²) in [6.45, 7) is 4.03. The number of rotatable bonds is 4. The number of hydrogen-bond acceptors (Lipinski definition) is 2. The SMILES string of the molecule is Cc1ccc(NC(=O)c2cc(-c3ccccc3)nn2-c2ccc(F)cc2)cc1C. The van der Waals surface area contributed by atoms with Crippen LogP contribution >= 0.6 is 0 Å². The Kier molecular flexibility index (Phi) is 4.96. The fourth-order valence-corrected chi connectivity index (χ4v) is 3.09. The summed E-state index contributed by atoms with van der Waals surface area (Å²) in [5.41, 5.74) is 5.51. The van der Waals surface area contributed by atoms with E-state index in [4.69, 9.17) is 0 Å². The van der Waals surface area contributed by atoms with Gasteiger partial charge in [0.15, 0.2) is 0 Å². The first-order chi connectivity index (χ1) is 14.0. The van der Waals surface area contributed by atoms with E-state index in [1.807, 2.05) is 62.4 Å². The van der Waals surface area contributed by atoms with Crippen molar-refractivity contribution in [1.29, 1.82) is 0 Å². The molecule has 1 amide bonds. The zero-order chi connectivity index (χ0) is 20.4. The highest BCUT2D eigenvalue weighted by molar-refractivity contribution is 6.04. The van der Waals surface area contributed by atoms with Crippen molar-refractivity contribution in [2.45, 2.75) is 13.8 Å². The van der Waals surface area contributed by atoms with Gasteiger partial charge in [-0.1, -0.05) is 36.4 Å². The number of halogens is 1. The van der Waals surface area contributed by atoms with Crippen LogP contribution in [0.15, 0.2) is 78.9 Å². The molecule has 1 heterocycles. The molecule has 5 heteroatoms. The Hall–Kier alpha value is -3.73. The molecule has 1 N–H and O–H groups in total. The molecular weight excluding hydrogens is 365 g/mol. The molecule has 3 aromatic carbocycles. The number of nitrogens with one attached hydrogen (secondary N) is 1. The van der Waals surface area contributed by atoms with E-state index in [1.165, 1.54) is 16.8 Å². The lowest BCUT2D eigenvalue weighted by atomic mass is 10.1. The van der Waals surface area contributed by atoms with E-state index in [1.54, 1.807) is 18.2 Å². The quantitative estimate of drug-likeness (QED) is 0.501. The molecular formula is C24H20FN3O. The molecule has 0 aliphatic heterocycles. The van der Waals surface area contributed by atoms with Crippen LogP contribution < -0.4 is 5.32 Å². The summed E-state index contributed by atoms with van der Waals surface area (Å²) in [5.74, 6) is -0.627. The molecule has 0 saturated carbocycles. The molecule has 1 aromatic heterocycles. The second-order valence-electron chi connectivity index (χ2n) is 6.92. The first-order valence-electron chi connectivity index (χ1n) is 9.31. The average molecular weight is 385 g/mol. The van der Waals surface area contributed by atoms with Crippen molar-refractivity contribution >= 4 is 11.6 Å². The number of amides is 1.